The number of rotatable bonds is 6. The standard InChI is InChI=1S/C27H22FNO5/c1-32-21-12-7-16(15-22(21)33-2)13-14-29-24(17-8-10-18(28)11-9-17)26-23(27(29)31)25(30)19-5-3-4-6-20(19)34-26/h3-12,15,24H,13-14H2,1-2H3. The van der Waals surface area contributed by atoms with E-state index in [4.69, 9.17) is 13.9 Å². The fourth-order valence-electron chi connectivity index (χ4n) is 4.45. The van der Waals surface area contributed by atoms with Gasteiger partial charge in [0, 0.05) is 6.54 Å². The number of ether oxygens (including phenoxy) is 2. The number of nitrogens with zero attached hydrogens (tertiary/aromatic N) is 1. The van der Waals surface area contributed by atoms with E-state index < -0.39 is 11.9 Å². The number of amides is 1. The molecule has 0 bridgehead atoms. The first kappa shape index (κ1) is 21.7. The van der Waals surface area contributed by atoms with Crippen LogP contribution in [0.1, 0.15) is 33.3 Å². The average Bonchev–Trinajstić information content (AvgIpc) is 3.14. The molecule has 34 heavy (non-hydrogen) atoms. The van der Waals surface area contributed by atoms with Crippen molar-refractivity contribution in [1.29, 1.82) is 0 Å². The van der Waals surface area contributed by atoms with Gasteiger partial charge in [-0.05, 0) is 53.9 Å². The van der Waals surface area contributed by atoms with Gasteiger partial charge in [-0.25, -0.2) is 4.39 Å². The van der Waals surface area contributed by atoms with Gasteiger partial charge in [-0.2, -0.15) is 0 Å². The van der Waals surface area contributed by atoms with Gasteiger partial charge >= 0.3 is 0 Å². The summed E-state index contributed by atoms with van der Waals surface area (Å²) < 4.78 is 30.4. The lowest BCUT2D eigenvalue weighted by atomic mass is 10.0. The third-order valence-electron chi connectivity index (χ3n) is 6.13. The molecule has 0 aliphatic carbocycles. The summed E-state index contributed by atoms with van der Waals surface area (Å²) in [6.07, 6.45) is 0.505. The Balaban J connectivity index is 1.57. The molecular formula is C27H22FNO5. The molecule has 7 heteroatoms. The van der Waals surface area contributed by atoms with Crippen molar-refractivity contribution in [2.75, 3.05) is 20.8 Å². The van der Waals surface area contributed by atoms with E-state index in [1.165, 1.54) is 12.1 Å². The lowest BCUT2D eigenvalue weighted by molar-refractivity contribution is 0.0746. The minimum Gasteiger partial charge on any atom is -0.493 e. The molecule has 0 N–H and O–H groups in total. The Hall–Kier alpha value is -4.13. The van der Waals surface area contributed by atoms with Gasteiger partial charge in [0.25, 0.3) is 5.91 Å². The molecule has 1 aliphatic rings. The number of hydrogen-bond acceptors (Lipinski definition) is 5. The molecule has 2 heterocycles. The van der Waals surface area contributed by atoms with Crippen LogP contribution in [0.3, 0.4) is 0 Å². The zero-order valence-corrected chi connectivity index (χ0v) is 18.7. The first-order chi connectivity index (χ1) is 16.5. The Labute approximate surface area is 195 Å². The second-order valence-electron chi connectivity index (χ2n) is 8.06. The molecule has 1 atom stereocenters. The van der Waals surface area contributed by atoms with E-state index in [9.17, 15) is 14.0 Å². The van der Waals surface area contributed by atoms with Crippen molar-refractivity contribution < 1.29 is 23.1 Å². The van der Waals surface area contributed by atoms with Gasteiger partial charge in [0.1, 0.15) is 28.8 Å². The zero-order valence-electron chi connectivity index (χ0n) is 18.7. The summed E-state index contributed by atoms with van der Waals surface area (Å²) in [5.41, 5.74) is 1.68. The van der Waals surface area contributed by atoms with Crippen LogP contribution in [0, 0.1) is 5.82 Å². The molecule has 0 radical (unpaired) electrons. The van der Waals surface area contributed by atoms with E-state index in [1.54, 1.807) is 55.5 Å². The lowest BCUT2D eigenvalue weighted by Crippen LogP contribution is -2.31. The largest absolute Gasteiger partial charge is 0.493 e. The predicted molar refractivity (Wildman–Crippen MR) is 125 cm³/mol. The first-order valence-electron chi connectivity index (χ1n) is 10.8. The van der Waals surface area contributed by atoms with E-state index in [1.807, 2.05) is 18.2 Å². The Morgan fingerprint density at radius 2 is 1.68 bits per heavy atom. The second kappa shape index (κ2) is 8.67. The van der Waals surface area contributed by atoms with Crippen molar-refractivity contribution in [3.05, 3.63) is 105 Å². The van der Waals surface area contributed by atoms with Crippen molar-refractivity contribution >= 4 is 16.9 Å². The molecule has 0 saturated heterocycles. The highest BCUT2D eigenvalue weighted by molar-refractivity contribution is 6.01. The Bertz CT molecular complexity index is 1440. The van der Waals surface area contributed by atoms with Gasteiger partial charge < -0.3 is 18.8 Å². The molecule has 5 rings (SSSR count). The first-order valence-corrected chi connectivity index (χ1v) is 10.8. The predicted octanol–water partition coefficient (Wildman–Crippen LogP) is 4.74. The van der Waals surface area contributed by atoms with Crippen molar-refractivity contribution in [3.8, 4) is 11.5 Å². The van der Waals surface area contributed by atoms with Crippen LogP contribution in [0.5, 0.6) is 11.5 Å². The van der Waals surface area contributed by atoms with E-state index in [0.717, 1.165) is 5.56 Å². The topological polar surface area (TPSA) is 69.0 Å². The van der Waals surface area contributed by atoms with Gasteiger partial charge in [-0.15, -0.1) is 0 Å². The number of methoxy groups -OCH3 is 2. The van der Waals surface area contributed by atoms with Gasteiger partial charge in [0.05, 0.1) is 19.6 Å². The molecular weight excluding hydrogens is 437 g/mol. The summed E-state index contributed by atoms with van der Waals surface area (Å²) in [5, 5.41) is 0.356. The van der Waals surface area contributed by atoms with Crippen molar-refractivity contribution in [2.45, 2.75) is 12.5 Å². The maximum absolute atomic E-state index is 13.6. The van der Waals surface area contributed by atoms with Gasteiger partial charge in [-0.3, -0.25) is 9.59 Å². The van der Waals surface area contributed by atoms with Crippen molar-refractivity contribution in [2.24, 2.45) is 0 Å². The second-order valence-corrected chi connectivity index (χ2v) is 8.06. The number of halogens is 1. The maximum atomic E-state index is 13.6. The summed E-state index contributed by atoms with van der Waals surface area (Å²) in [7, 11) is 3.13. The highest BCUT2D eigenvalue weighted by Gasteiger charge is 2.42. The average molecular weight is 459 g/mol. The SMILES string of the molecule is COc1ccc(CCN2C(=O)c3c(oc4ccccc4c3=O)C2c2ccc(F)cc2)cc1OC. The fraction of sp³-hybridized carbons (Fsp3) is 0.185. The van der Waals surface area contributed by atoms with Crippen LogP contribution < -0.4 is 14.9 Å². The maximum Gasteiger partial charge on any atom is 0.262 e. The number of hydrogen-bond donors (Lipinski definition) is 0. The highest BCUT2D eigenvalue weighted by atomic mass is 19.1. The van der Waals surface area contributed by atoms with Crippen molar-refractivity contribution in [3.63, 3.8) is 0 Å². The van der Waals surface area contributed by atoms with Crippen LogP contribution in [0.15, 0.2) is 75.9 Å². The Kier molecular flexibility index (Phi) is 5.53. The third-order valence-corrected chi connectivity index (χ3v) is 6.13. The van der Waals surface area contributed by atoms with Crippen LogP contribution >= 0.6 is 0 Å². The minimum absolute atomic E-state index is 0.0281. The van der Waals surface area contributed by atoms with Crippen molar-refractivity contribution in [1.82, 2.24) is 4.90 Å². The molecule has 1 unspecified atom stereocenters. The van der Waals surface area contributed by atoms with Crippen LogP contribution in [0.25, 0.3) is 11.0 Å². The molecule has 1 amide bonds. The molecule has 172 valence electrons. The van der Waals surface area contributed by atoms with Gasteiger partial charge in [-0.1, -0.05) is 30.3 Å². The Morgan fingerprint density at radius 3 is 2.41 bits per heavy atom. The molecule has 3 aromatic carbocycles. The molecule has 0 fully saturated rings. The molecule has 1 aromatic heterocycles. The summed E-state index contributed by atoms with van der Waals surface area (Å²) in [5.74, 6) is 0.706. The van der Waals surface area contributed by atoms with E-state index >= 15 is 0 Å². The molecule has 0 saturated carbocycles. The smallest absolute Gasteiger partial charge is 0.262 e. The van der Waals surface area contributed by atoms with Crippen LogP contribution in [0.2, 0.25) is 0 Å². The van der Waals surface area contributed by atoms with Crippen LogP contribution in [-0.4, -0.2) is 31.6 Å². The summed E-state index contributed by atoms with van der Waals surface area (Å²) >= 11 is 0. The summed E-state index contributed by atoms with van der Waals surface area (Å²) in [6, 6.07) is 17.7. The summed E-state index contributed by atoms with van der Waals surface area (Å²) in [6.45, 7) is 0.316. The monoisotopic (exact) mass is 459 g/mol. The lowest BCUT2D eigenvalue weighted by Gasteiger charge is -2.25. The number of para-hydroxylation sites is 1. The Morgan fingerprint density at radius 1 is 0.941 bits per heavy atom. The molecule has 4 aromatic rings. The quantitative estimate of drug-likeness (QED) is 0.417. The normalized spacial score (nSPS) is 15.0. The number of carbonyl (C=O) groups excluding carboxylic acids is 1. The minimum atomic E-state index is -0.638. The van der Waals surface area contributed by atoms with E-state index in [-0.39, 0.29) is 22.6 Å². The molecule has 1 aliphatic heterocycles. The van der Waals surface area contributed by atoms with E-state index in [2.05, 4.69) is 0 Å². The number of fused-ring (bicyclic) bond motifs is 2. The fourth-order valence-corrected chi connectivity index (χ4v) is 4.45. The number of carbonyl (C=O) groups is 1. The van der Waals surface area contributed by atoms with Gasteiger partial charge in [0.15, 0.2) is 11.5 Å². The van der Waals surface area contributed by atoms with Gasteiger partial charge in [0.2, 0.25) is 5.43 Å². The zero-order chi connectivity index (χ0) is 23.8. The van der Waals surface area contributed by atoms with Crippen LogP contribution in [-0.2, 0) is 6.42 Å². The summed E-state index contributed by atoms with van der Waals surface area (Å²) in [4.78, 5) is 28.4. The third kappa shape index (κ3) is 3.59. The molecule has 6 nitrogen and oxygen atoms in total. The van der Waals surface area contributed by atoms with Crippen LogP contribution in [0.4, 0.5) is 4.39 Å². The number of benzene rings is 3. The van der Waals surface area contributed by atoms with E-state index in [0.29, 0.717) is 41.0 Å². The molecule has 0 spiro atoms. The highest BCUT2D eigenvalue weighted by Crippen LogP contribution is 2.39.